The molecule has 1 N–H and O–H groups in total. The molecule has 0 aliphatic heterocycles. The van der Waals surface area contributed by atoms with Crippen LogP contribution in [0.25, 0.3) is 0 Å². The minimum atomic E-state index is -2.61. The minimum absolute atomic E-state index is 0.0112. The topological polar surface area (TPSA) is 83.9 Å². The summed E-state index contributed by atoms with van der Waals surface area (Å²) in [5.74, 6) is 5.25. The molecule has 0 unspecified atom stereocenters. The Morgan fingerprint density at radius 2 is 1.83 bits per heavy atom. The number of hydrogen-bond acceptors (Lipinski definition) is 5. The summed E-state index contributed by atoms with van der Waals surface area (Å²) in [6.45, 7) is 13.5. The fraction of sp³-hybridized carbons (Fsp3) is 0.643. The summed E-state index contributed by atoms with van der Waals surface area (Å²) in [5.41, 5.74) is 1.53. The predicted octanol–water partition coefficient (Wildman–Crippen LogP) is 7.03. The van der Waals surface area contributed by atoms with Gasteiger partial charge in [-0.15, -0.1) is 11.3 Å². The van der Waals surface area contributed by atoms with Gasteiger partial charge in [0.2, 0.25) is 5.91 Å². The predicted molar refractivity (Wildman–Crippen MR) is 147 cm³/mol. The third-order valence-corrected chi connectivity index (χ3v) is 8.58. The van der Waals surface area contributed by atoms with E-state index in [-0.39, 0.29) is 40.2 Å². The molecular weight excluding hydrogens is 493 g/mol. The number of carboxylic acids is 1. The van der Waals surface area contributed by atoms with Gasteiger partial charge in [-0.25, -0.2) is 4.79 Å². The Morgan fingerprint density at radius 1 is 1.19 bits per heavy atom. The van der Waals surface area contributed by atoms with Crippen molar-refractivity contribution >= 4 is 36.3 Å². The van der Waals surface area contributed by atoms with Crippen LogP contribution in [0.4, 0.5) is 5.69 Å². The highest BCUT2D eigenvalue weighted by Crippen LogP contribution is 2.44. The molecule has 0 saturated heterocycles. The smallest absolute Gasteiger partial charge is 0.348 e. The van der Waals surface area contributed by atoms with Crippen molar-refractivity contribution in [2.75, 3.05) is 18.2 Å². The zero-order chi connectivity index (χ0) is 26.8. The van der Waals surface area contributed by atoms with Gasteiger partial charge in [0.25, 0.3) is 0 Å². The summed E-state index contributed by atoms with van der Waals surface area (Å²) in [6, 6.07) is 1.65. The van der Waals surface area contributed by atoms with Gasteiger partial charge in [0, 0.05) is 30.7 Å². The van der Waals surface area contributed by atoms with Crippen LogP contribution in [0.2, 0.25) is 0 Å². The zero-order valence-corrected chi connectivity index (χ0v) is 24.3. The molecule has 0 bridgehead atoms. The molecule has 2 aliphatic rings. The molecular formula is C28H40NO5PS. The summed E-state index contributed by atoms with van der Waals surface area (Å²) in [7, 11) is -2.61. The average Bonchev–Trinajstić information content (AvgIpc) is 3.16. The molecule has 8 heteroatoms. The highest BCUT2D eigenvalue weighted by atomic mass is 32.1. The maximum atomic E-state index is 14.1. The van der Waals surface area contributed by atoms with Crippen LogP contribution in [0.5, 0.6) is 0 Å². The molecule has 1 heterocycles. The first kappa shape index (κ1) is 28.7. The molecule has 3 rings (SSSR count). The SMILES string of the molecule is CC1=CC[C@H](C(=O)N(c2cc(C#CC(C)(C)C)sc2C(=O)O)C2CCC(OP(C)(C)=O)CC2)[C@@H](C)C1. The molecule has 2 aliphatic carbocycles. The van der Waals surface area contributed by atoms with Crippen molar-refractivity contribution in [3.05, 3.63) is 27.5 Å². The van der Waals surface area contributed by atoms with Crippen LogP contribution in [0, 0.1) is 29.1 Å². The highest BCUT2D eigenvalue weighted by Gasteiger charge is 2.39. The molecule has 36 heavy (non-hydrogen) atoms. The molecule has 198 valence electrons. The van der Waals surface area contributed by atoms with Gasteiger partial charge in [-0.3, -0.25) is 9.36 Å². The third kappa shape index (κ3) is 7.57. The first-order chi connectivity index (χ1) is 16.6. The first-order valence-corrected chi connectivity index (χ1v) is 16.1. The number of carbonyl (C=O) groups is 2. The van der Waals surface area contributed by atoms with E-state index >= 15 is 0 Å². The Balaban J connectivity index is 2.00. The molecule has 1 fully saturated rings. The largest absolute Gasteiger partial charge is 0.477 e. The monoisotopic (exact) mass is 533 g/mol. The second-order valence-electron chi connectivity index (χ2n) is 11.7. The van der Waals surface area contributed by atoms with Gasteiger partial charge in [-0.2, -0.15) is 0 Å². The van der Waals surface area contributed by atoms with Crippen LogP contribution < -0.4 is 4.90 Å². The Kier molecular flexibility index (Phi) is 8.97. The molecule has 1 amide bonds. The normalized spacial score (nSPS) is 24.9. The number of carboxylic acid groups (broad SMARTS) is 1. The second kappa shape index (κ2) is 11.3. The van der Waals surface area contributed by atoms with Crippen LogP contribution in [0.15, 0.2) is 17.7 Å². The van der Waals surface area contributed by atoms with Gasteiger partial charge in [0.1, 0.15) is 4.88 Å². The maximum absolute atomic E-state index is 14.1. The van der Waals surface area contributed by atoms with Crippen LogP contribution >= 0.6 is 18.7 Å². The second-order valence-corrected chi connectivity index (χ2v) is 15.5. The summed E-state index contributed by atoms with van der Waals surface area (Å²) < 4.78 is 18.0. The van der Waals surface area contributed by atoms with Crippen LogP contribution in [-0.4, -0.2) is 42.5 Å². The molecule has 0 spiro atoms. The molecule has 1 aromatic rings. The maximum Gasteiger partial charge on any atom is 0.348 e. The standard InChI is InChI=1S/C28H40NO5PS/c1-18-8-13-23(19(2)16-18)26(30)29(20-9-11-21(12-10-20)34-35(6,7)33)24-17-22(14-15-28(3,4)5)36-25(24)27(31)32/h8,17,19-21,23H,9-13,16H2,1-7H3,(H,31,32)/t19-,20?,21?,23-/m0/s1. The number of amides is 1. The Labute approximate surface area is 219 Å². The lowest BCUT2D eigenvalue weighted by Gasteiger charge is -2.40. The Morgan fingerprint density at radius 3 is 2.36 bits per heavy atom. The van der Waals surface area contributed by atoms with E-state index < -0.39 is 13.3 Å². The van der Waals surface area contributed by atoms with E-state index in [0.717, 1.165) is 17.8 Å². The number of anilines is 1. The quantitative estimate of drug-likeness (QED) is 0.241. The van der Waals surface area contributed by atoms with E-state index in [1.165, 1.54) is 5.57 Å². The summed E-state index contributed by atoms with van der Waals surface area (Å²) in [4.78, 5) is 29.0. The molecule has 1 aromatic heterocycles. The lowest BCUT2D eigenvalue weighted by atomic mass is 9.79. The number of hydrogen-bond donors (Lipinski definition) is 1. The minimum Gasteiger partial charge on any atom is -0.477 e. The van der Waals surface area contributed by atoms with Crippen LogP contribution in [0.3, 0.4) is 0 Å². The molecule has 1 saturated carbocycles. The summed E-state index contributed by atoms with van der Waals surface area (Å²) >= 11 is 1.13. The zero-order valence-electron chi connectivity index (χ0n) is 22.6. The lowest BCUT2D eigenvalue weighted by Crippen LogP contribution is -2.48. The van der Waals surface area contributed by atoms with E-state index in [1.807, 2.05) is 20.8 Å². The fourth-order valence-corrected chi connectivity index (χ4v) is 6.87. The van der Waals surface area contributed by atoms with Gasteiger partial charge in [-0.1, -0.05) is 30.4 Å². The van der Waals surface area contributed by atoms with Crippen LogP contribution in [-0.2, 0) is 13.9 Å². The van der Waals surface area contributed by atoms with Gasteiger partial charge in [0.15, 0.2) is 7.37 Å². The number of nitrogens with zero attached hydrogens (tertiary/aromatic N) is 1. The third-order valence-electron chi connectivity index (χ3n) is 6.74. The van der Waals surface area contributed by atoms with E-state index in [2.05, 4.69) is 31.8 Å². The molecule has 0 radical (unpaired) electrons. The van der Waals surface area contributed by atoms with E-state index in [1.54, 1.807) is 24.3 Å². The van der Waals surface area contributed by atoms with Crippen molar-refractivity contribution in [1.29, 1.82) is 0 Å². The van der Waals surface area contributed by atoms with Gasteiger partial charge >= 0.3 is 5.97 Å². The first-order valence-electron chi connectivity index (χ1n) is 12.8. The van der Waals surface area contributed by atoms with Gasteiger partial charge in [-0.05, 0) is 78.2 Å². The van der Waals surface area contributed by atoms with Crippen molar-refractivity contribution in [3.8, 4) is 11.8 Å². The van der Waals surface area contributed by atoms with Crippen molar-refractivity contribution in [2.24, 2.45) is 17.3 Å². The highest BCUT2D eigenvalue weighted by molar-refractivity contribution is 7.57. The van der Waals surface area contributed by atoms with Gasteiger partial charge in [0.05, 0.1) is 16.7 Å². The molecule has 0 aromatic carbocycles. The van der Waals surface area contributed by atoms with Crippen molar-refractivity contribution < 1.29 is 23.8 Å². The Bertz CT molecular complexity index is 1120. The summed E-state index contributed by atoms with van der Waals surface area (Å²) in [5, 5.41) is 10.1. The van der Waals surface area contributed by atoms with Gasteiger partial charge < -0.3 is 14.5 Å². The number of rotatable bonds is 6. The molecule has 2 atom stereocenters. The summed E-state index contributed by atoms with van der Waals surface area (Å²) in [6.07, 6.45) is 6.27. The van der Waals surface area contributed by atoms with Crippen molar-refractivity contribution in [3.63, 3.8) is 0 Å². The number of carbonyl (C=O) groups excluding carboxylic acids is 1. The van der Waals surface area contributed by atoms with E-state index in [9.17, 15) is 19.3 Å². The van der Waals surface area contributed by atoms with Crippen molar-refractivity contribution in [1.82, 2.24) is 0 Å². The fourth-order valence-electron chi connectivity index (χ4n) is 5.10. The number of aromatic carboxylic acids is 1. The molecule has 6 nitrogen and oxygen atoms in total. The van der Waals surface area contributed by atoms with Crippen LogP contribution in [0.1, 0.15) is 87.7 Å². The lowest BCUT2D eigenvalue weighted by molar-refractivity contribution is -0.124. The van der Waals surface area contributed by atoms with Crippen molar-refractivity contribution in [2.45, 2.75) is 85.3 Å². The average molecular weight is 534 g/mol. The van der Waals surface area contributed by atoms with E-state index in [0.29, 0.717) is 42.7 Å². The number of thiophene rings is 1. The van der Waals surface area contributed by atoms with E-state index in [4.69, 9.17) is 4.52 Å². The number of allylic oxidation sites excluding steroid dienone is 2. The Hall–Kier alpha value is -1.87.